The minimum absolute atomic E-state index is 0.0634. The zero-order valence-electron chi connectivity index (χ0n) is 16.5. The van der Waals surface area contributed by atoms with Gasteiger partial charge in [0.15, 0.2) is 6.04 Å². The van der Waals surface area contributed by atoms with Crippen molar-refractivity contribution in [3.05, 3.63) is 34.4 Å². The summed E-state index contributed by atoms with van der Waals surface area (Å²) in [5.41, 5.74) is -0.964. The first-order chi connectivity index (χ1) is 12.3. The number of rotatable bonds is 6. The fourth-order valence-electron chi connectivity index (χ4n) is 1.87. The standard InChI is InChI=1S/C18H27N3O6/c1-17(2,3)26-11-14(15(22)27-18(4,5)6)20-16(23)19-12-7-9-13(10-8-12)21(24)25/h7-10,14H,11H2,1-6H3,(H2,19,20,23)/t14-/m0/s1. The van der Waals surface area contributed by atoms with E-state index in [9.17, 15) is 19.7 Å². The van der Waals surface area contributed by atoms with E-state index in [1.54, 1.807) is 20.8 Å². The minimum atomic E-state index is -1.01. The smallest absolute Gasteiger partial charge is 0.331 e. The molecule has 0 spiro atoms. The van der Waals surface area contributed by atoms with Gasteiger partial charge in [-0.25, -0.2) is 9.59 Å². The summed E-state index contributed by atoms with van der Waals surface area (Å²) in [7, 11) is 0. The highest BCUT2D eigenvalue weighted by molar-refractivity contribution is 5.92. The van der Waals surface area contributed by atoms with E-state index in [2.05, 4.69) is 10.6 Å². The van der Waals surface area contributed by atoms with E-state index in [0.29, 0.717) is 5.69 Å². The Morgan fingerprint density at radius 2 is 1.63 bits per heavy atom. The van der Waals surface area contributed by atoms with Crippen molar-refractivity contribution >= 4 is 23.4 Å². The van der Waals surface area contributed by atoms with Crippen molar-refractivity contribution in [3.63, 3.8) is 0 Å². The molecule has 1 rings (SSSR count). The Labute approximate surface area is 158 Å². The summed E-state index contributed by atoms with van der Waals surface area (Å²) >= 11 is 0. The third-order valence-electron chi connectivity index (χ3n) is 3.02. The molecule has 2 amide bonds. The first kappa shape index (κ1) is 22.4. The maximum absolute atomic E-state index is 12.4. The van der Waals surface area contributed by atoms with Crippen LogP contribution in [0.3, 0.4) is 0 Å². The summed E-state index contributed by atoms with van der Waals surface area (Å²) in [5, 5.41) is 15.7. The number of non-ortho nitro benzene ring substituents is 1. The number of nitro groups is 1. The number of carbonyl (C=O) groups is 2. The van der Waals surface area contributed by atoms with Gasteiger partial charge >= 0.3 is 12.0 Å². The summed E-state index contributed by atoms with van der Waals surface area (Å²) < 4.78 is 10.9. The van der Waals surface area contributed by atoms with Crippen LogP contribution in [0.25, 0.3) is 0 Å². The molecular weight excluding hydrogens is 354 g/mol. The van der Waals surface area contributed by atoms with Gasteiger partial charge in [0, 0.05) is 17.8 Å². The Morgan fingerprint density at radius 3 is 2.07 bits per heavy atom. The van der Waals surface area contributed by atoms with Crippen LogP contribution in [0.2, 0.25) is 0 Å². The lowest BCUT2D eigenvalue weighted by molar-refractivity contribution is -0.384. The summed E-state index contributed by atoms with van der Waals surface area (Å²) in [6.07, 6.45) is 0. The molecule has 0 heterocycles. The number of hydrogen-bond acceptors (Lipinski definition) is 6. The zero-order valence-corrected chi connectivity index (χ0v) is 16.5. The fourth-order valence-corrected chi connectivity index (χ4v) is 1.87. The molecule has 2 N–H and O–H groups in total. The van der Waals surface area contributed by atoms with Crippen LogP contribution in [-0.2, 0) is 14.3 Å². The lowest BCUT2D eigenvalue weighted by Gasteiger charge is -2.27. The Hall–Kier alpha value is -2.68. The van der Waals surface area contributed by atoms with Gasteiger partial charge in [-0.15, -0.1) is 0 Å². The van der Waals surface area contributed by atoms with Gasteiger partial charge in [0.25, 0.3) is 5.69 Å². The normalized spacial score (nSPS) is 12.8. The Balaban J connectivity index is 2.78. The molecule has 0 saturated carbocycles. The van der Waals surface area contributed by atoms with E-state index in [1.165, 1.54) is 24.3 Å². The van der Waals surface area contributed by atoms with Crippen LogP contribution in [0.15, 0.2) is 24.3 Å². The van der Waals surface area contributed by atoms with Gasteiger partial charge in [-0.3, -0.25) is 10.1 Å². The molecule has 150 valence electrons. The molecular formula is C18H27N3O6. The molecule has 1 aromatic carbocycles. The first-order valence-corrected chi connectivity index (χ1v) is 8.46. The summed E-state index contributed by atoms with van der Waals surface area (Å²) in [5.74, 6) is -0.620. The van der Waals surface area contributed by atoms with Crippen molar-refractivity contribution in [1.82, 2.24) is 5.32 Å². The first-order valence-electron chi connectivity index (χ1n) is 8.46. The molecule has 0 saturated heterocycles. The van der Waals surface area contributed by atoms with Crippen molar-refractivity contribution in [1.29, 1.82) is 0 Å². The number of carbonyl (C=O) groups excluding carboxylic acids is 2. The second-order valence-corrected chi connectivity index (χ2v) is 7.91. The average Bonchev–Trinajstić information content (AvgIpc) is 2.49. The maximum Gasteiger partial charge on any atom is 0.331 e. The third kappa shape index (κ3) is 9.00. The van der Waals surface area contributed by atoms with Crippen LogP contribution in [0.4, 0.5) is 16.2 Å². The van der Waals surface area contributed by atoms with E-state index >= 15 is 0 Å². The number of nitrogens with zero attached hydrogens (tertiary/aromatic N) is 1. The predicted molar refractivity (Wildman–Crippen MR) is 101 cm³/mol. The number of urea groups is 1. The van der Waals surface area contributed by atoms with Crippen LogP contribution >= 0.6 is 0 Å². The van der Waals surface area contributed by atoms with E-state index in [1.807, 2.05) is 20.8 Å². The topological polar surface area (TPSA) is 120 Å². The summed E-state index contributed by atoms with van der Waals surface area (Å²) in [6.45, 7) is 10.6. The van der Waals surface area contributed by atoms with Crippen LogP contribution in [0.1, 0.15) is 41.5 Å². The second-order valence-electron chi connectivity index (χ2n) is 7.91. The fraction of sp³-hybridized carbons (Fsp3) is 0.556. The van der Waals surface area contributed by atoms with E-state index in [-0.39, 0.29) is 12.3 Å². The number of anilines is 1. The van der Waals surface area contributed by atoms with Gasteiger partial charge in [-0.1, -0.05) is 0 Å². The Bertz CT molecular complexity index is 674. The van der Waals surface area contributed by atoms with Crippen molar-refractivity contribution < 1.29 is 24.0 Å². The highest BCUT2D eigenvalue weighted by Crippen LogP contribution is 2.16. The molecule has 0 radical (unpaired) electrons. The Kier molecular flexibility index (Phi) is 7.29. The molecule has 0 aliphatic rings. The molecule has 9 heteroatoms. The number of hydrogen-bond donors (Lipinski definition) is 2. The summed E-state index contributed by atoms with van der Waals surface area (Å²) in [6, 6.07) is 3.66. The number of ether oxygens (including phenoxy) is 2. The van der Waals surface area contributed by atoms with Crippen molar-refractivity contribution in [2.45, 2.75) is 58.8 Å². The molecule has 0 aliphatic carbocycles. The van der Waals surface area contributed by atoms with Gasteiger partial charge in [0.2, 0.25) is 0 Å². The van der Waals surface area contributed by atoms with E-state index in [4.69, 9.17) is 9.47 Å². The molecule has 1 atom stereocenters. The third-order valence-corrected chi connectivity index (χ3v) is 3.02. The highest BCUT2D eigenvalue weighted by Gasteiger charge is 2.28. The number of esters is 1. The Morgan fingerprint density at radius 1 is 1.07 bits per heavy atom. The van der Waals surface area contributed by atoms with E-state index in [0.717, 1.165) is 0 Å². The largest absolute Gasteiger partial charge is 0.458 e. The van der Waals surface area contributed by atoms with Crippen LogP contribution in [-0.4, -0.2) is 40.8 Å². The minimum Gasteiger partial charge on any atom is -0.458 e. The molecule has 0 aromatic heterocycles. The average molecular weight is 381 g/mol. The van der Waals surface area contributed by atoms with Gasteiger partial charge in [-0.05, 0) is 53.7 Å². The SMILES string of the molecule is CC(C)(C)OC[C@H](NC(=O)Nc1ccc([N+](=O)[O-])cc1)C(=O)OC(C)(C)C. The second kappa shape index (κ2) is 8.81. The lowest BCUT2D eigenvalue weighted by atomic mass is 10.1. The van der Waals surface area contributed by atoms with Crippen molar-refractivity contribution in [2.24, 2.45) is 0 Å². The molecule has 0 bridgehead atoms. The van der Waals surface area contributed by atoms with Crippen molar-refractivity contribution in [2.75, 3.05) is 11.9 Å². The lowest BCUT2D eigenvalue weighted by Crippen LogP contribution is -2.49. The van der Waals surface area contributed by atoms with Gasteiger partial charge in [-0.2, -0.15) is 0 Å². The summed E-state index contributed by atoms with van der Waals surface area (Å²) in [4.78, 5) is 34.7. The highest BCUT2D eigenvalue weighted by atomic mass is 16.6. The number of amides is 2. The number of benzene rings is 1. The molecule has 0 fully saturated rings. The monoisotopic (exact) mass is 381 g/mol. The van der Waals surface area contributed by atoms with Gasteiger partial charge in [0.05, 0.1) is 17.1 Å². The molecule has 9 nitrogen and oxygen atoms in total. The molecule has 1 aromatic rings. The molecule has 0 unspecified atom stereocenters. The van der Waals surface area contributed by atoms with Crippen LogP contribution < -0.4 is 10.6 Å². The van der Waals surface area contributed by atoms with Crippen molar-refractivity contribution in [3.8, 4) is 0 Å². The maximum atomic E-state index is 12.4. The molecule has 0 aliphatic heterocycles. The number of nitrogens with one attached hydrogen (secondary N) is 2. The molecule has 27 heavy (non-hydrogen) atoms. The predicted octanol–water partition coefficient (Wildman–Crippen LogP) is 3.24. The van der Waals surface area contributed by atoms with Crippen LogP contribution in [0, 0.1) is 10.1 Å². The number of nitro benzene ring substituents is 1. The van der Waals surface area contributed by atoms with Gasteiger partial charge < -0.3 is 20.1 Å². The van der Waals surface area contributed by atoms with Gasteiger partial charge in [0.1, 0.15) is 5.60 Å². The van der Waals surface area contributed by atoms with Crippen LogP contribution in [0.5, 0.6) is 0 Å². The van der Waals surface area contributed by atoms with E-state index < -0.39 is 34.2 Å². The zero-order chi connectivity index (χ0) is 20.8. The quantitative estimate of drug-likeness (QED) is 0.443.